The molecule has 108 valence electrons. The van der Waals surface area contributed by atoms with Crippen molar-refractivity contribution in [3.63, 3.8) is 0 Å². The number of rotatable bonds is 6. The Bertz CT molecular complexity index is 603. The zero-order valence-electron chi connectivity index (χ0n) is 11.7. The molecule has 0 radical (unpaired) electrons. The van der Waals surface area contributed by atoms with Crippen molar-refractivity contribution in [1.82, 2.24) is 0 Å². The molecule has 2 aromatic rings. The second-order valence-electron chi connectivity index (χ2n) is 5.13. The van der Waals surface area contributed by atoms with Gasteiger partial charge in [0.05, 0.1) is 11.5 Å². The van der Waals surface area contributed by atoms with Crippen LogP contribution in [-0.4, -0.2) is 5.33 Å². The summed E-state index contributed by atoms with van der Waals surface area (Å²) < 4.78 is 0. The fraction of sp³-hybridized carbons (Fsp3) is 0.278. The molecule has 0 saturated carbocycles. The van der Waals surface area contributed by atoms with Crippen LogP contribution in [0.5, 0.6) is 0 Å². The SMILES string of the molecule is N#CC(CCBr)(CCc1ccc(Cl)cc1)c1ccccc1. The third-order valence-corrected chi connectivity index (χ3v) is 4.46. The van der Waals surface area contributed by atoms with E-state index in [1.54, 1.807) is 0 Å². The summed E-state index contributed by atoms with van der Waals surface area (Å²) in [5.41, 5.74) is 1.87. The molecular weight excluding hydrogens is 346 g/mol. The summed E-state index contributed by atoms with van der Waals surface area (Å²) in [6.07, 6.45) is 2.48. The molecule has 0 bridgehead atoms. The number of halogens is 2. The molecule has 1 nitrogen and oxygen atoms in total. The van der Waals surface area contributed by atoms with E-state index in [4.69, 9.17) is 11.6 Å². The van der Waals surface area contributed by atoms with Crippen molar-refractivity contribution in [2.75, 3.05) is 5.33 Å². The normalized spacial score (nSPS) is 13.4. The van der Waals surface area contributed by atoms with Crippen LogP contribution < -0.4 is 0 Å². The maximum absolute atomic E-state index is 9.79. The topological polar surface area (TPSA) is 23.8 Å². The molecule has 0 aromatic heterocycles. The monoisotopic (exact) mass is 361 g/mol. The molecule has 0 fully saturated rings. The summed E-state index contributed by atoms with van der Waals surface area (Å²) in [7, 11) is 0. The Morgan fingerprint density at radius 1 is 1.00 bits per heavy atom. The minimum atomic E-state index is -0.440. The smallest absolute Gasteiger partial charge is 0.0833 e. The van der Waals surface area contributed by atoms with Gasteiger partial charge in [0.15, 0.2) is 0 Å². The van der Waals surface area contributed by atoms with Crippen LogP contribution in [-0.2, 0) is 11.8 Å². The lowest BCUT2D eigenvalue weighted by Crippen LogP contribution is -2.25. The van der Waals surface area contributed by atoms with Crippen molar-refractivity contribution in [2.24, 2.45) is 0 Å². The first-order valence-corrected chi connectivity index (χ1v) is 8.47. The summed E-state index contributed by atoms with van der Waals surface area (Å²) in [5, 5.41) is 11.4. The predicted molar refractivity (Wildman–Crippen MR) is 91.9 cm³/mol. The zero-order valence-corrected chi connectivity index (χ0v) is 14.1. The predicted octanol–water partition coefficient (Wildman–Crippen LogP) is 5.52. The van der Waals surface area contributed by atoms with Gasteiger partial charge in [0.25, 0.3) is 0 Å². The van der Waals surface area contributed by atoms with Crippen molar-refractivity contribution in [3.05, 3.63) is 70.7 Å². The van der Waals surface area contributed by atoms with Gasteiger partial charge < -0.3 is 0 Å². The number of nitrogens with zero attached hydrogens (tertiary/aromatic N) is 1. The fourth-order valence-electron chi connectivity index (χ4n) is 2.52. The Labute approximate surface area is 139 Å². The molecule has 1 unspecified atom stereocenters. The Kier molecular flexibility index (Phi) is 5.85. The highest BCUT2D eigenvalue weighted by molar-refractivity contribution is 9.09. The van der Waals surface area contributed by atoms with Crippen LogP contribution in [0.4, 0.5) is 0 Å². The number of hydrogen-bond donors (Lipinski definition) is 0. The molecule has 0 heterocycles. The van der Waals surface area contributed by atoms with Gasteiger partial charge >= 0.3 is 0 Å². The highest BCUT2D eigenvalue weighted by atomic mass is 79.9. The Hall–Kier alpha value is -1.30. The molecule has 0 spiro atoms. The molecule has 1 atom stereocenters. The quantitative estimate of drug-likeness (QED) is 0.621. The molecule has 2 aromatic carbocycles. The second kappa shape index (κ2) is 7.64. The number of nitriles is 1. The third-order valence-electron chi connectivity index (χ3n) is 3.82. The summed E-state index contributed by atoms with van der Waals surface area (Å²) in [4.78, 5) is 0. The van der Waals surface area contributed by atoms with Gasteiger partial charge in [-0.1, -0.05) is 70.0 Å². The van der Waals surface area contributed by atoms with E-state index >= 15 is 0 Å². The van der Waals surface area contributed by atoms with E-state index in [1.807, 2.05) is 54.6 Å². The summed E-state index contributed by atoms with van der Waals surface area (Å²) in [6, 6.07) is 20.5. The second-order valence-corrected chi connectivity index (χ2v) is 6.35. The largest absolute Gasteiger partial charge is 0.197 e. The van der Waals surface area contributed by atoms with E-state index in [9.17, 15) is 5.26 Å². The van der Waals surface area contributed by atoms with Crippen molar-refractivity contribution >= 4 is 27.5 Å². The molecule has 0 aliphatic rings. The average Bonchev–Trinajstić information content (AvgIpc) is 2.54. The van der Waals surface area contributed by atoms with Gasteiger partial charge in [-0.2, -0.15) is 5.26 Å². The first kappa shape index (κ1) is 16.1. The van der Waals surface area contributed by atoms with E-state index in [0.717, 1.165) is 35.2 Å². The minimum absolute atomic E-state index is 0.440. The van der Waals surface area contributed by atoms with Crippen LogP contribution in [0.3, 0.4) is 0 Å². The fourth-order valence-corrected chi connectivity index (χ4v) is 3.32. The zero-order chi connectivity index (χ0) is 15.1. The molecule has 2 rings (SSSR count). The lowest BCUT2D eigenvalue weighted by molar-refractivity contribution is 0.491. The molecule has 0 N–H and O–H groups in total. The lowest BCUT2D eigenvalue weighted by atomic mass is 9.75. The molecule has 3 heteroatoms. The first-order chi connectivity index (χ1) is 10.2. The van der Waals surface area contributed by atoms with Crippen molar-refractivity contribution in [1.29, 1.82) is 5.26 Å². The van der Waals surface area contributed by atoms with Crippen LogP contribution in [0.25, 0.3) is 0 Å². The molecule has 0 amide bonds. The van der Waals surface area contributed by atoms with Gasteiger partial charge in [-0.3, -0.25) is 0 Å². The van der Waals surface area contributed by atoms with E-state index < -0.39 is 5.41 Å². The van der Waals surface area contributed by atoms with Crippen molar-refractivity contribution in [3.8, 4) is 6.07 Å². The Morgan fingerprint density at radius 3 is 2.24 bits per heavy atom. The van der Waals surface area contributed by atoms with Gasteiger partial charge in [0, 0.05) is 10.4 Å². The third kappa shape index (κ3) is 4.09. The van der Waals surface area contributed by atoms with Crippen LogP contribution in [0, 0.1) is 11.3 Å². The van der Waals surface area contributed by atoms with Gasteiger partial charge in [-0.05, 0) is 42.5 Å². The highest BCUT2D eigenvalue weighted by Gasteiger charge is 2.31. The minimum Gasteiger partial charge on any atom is -0.197 e. The van der Waals surface area contributed by atoms with Gasteiger partial charge in [0.2, 0.25) is 0 Å². The summed E-state index contributed by atoms with van der Waals surface area (Å²) in [5.74, 6) is 0. The van der Waals surface area contributed by atoms with Crippen molar-refractivity contribution < 1.29 is 0 Å². The van der Waals surface area contributed by atoms with E-state index in [1.165, 1.54) is 5.56 Å². The van der Waals surface area contributed by atoms with E-state index in [2.05, 4.69) is 22.0 Å². The molecule has 0 saturated heterocycles. The van der Waals surface area contributed by atoms with Crippen LogP contribution in [0.1, 0.15) is 24.0 Å². The number of aryl methyl sites for hydroxylation is 1. The standard InChI is InChI=1S/C18H17BrClN/c19-13-12-18(14-21,16-4-2-1-3-5-16)11-10-15-6-8-17(20)9-7-15/h1-9H,10-13H2. The number of alkyl halides is 1. The molecule has 21 heavy (non-hydrogen) atoms. The molecule has 0 aliphatic carbocycles. The molecule has 0 aliphatic heterocycles. The number of benzene rings is 2. The maximum Gasteiger partial charge on any atom is 0.0833 e. The first-order valence-electron chi connectivity index (χ1n) is 6.97. The Morgan fingerprint density at radius 2 is 1.67 bits per heavy atom. The maximum atomic E-state index is 9.79. The Balaban J connectivity index is 2.21. The van der Waals surface area contributed by atoms with E-state index in [-0.39, 0.29) is 0 Å². The molecular formula is C18H17BrClN. The van der Waals surface area contributed by atoms with Crippen LogP contribution in [0.2, 0.25) is 5.02 Å². The summed E-state index contributed by atoms with van der Waals surface area (Å²) >= 11 is 9.41. The lowest BCUT2D eigenvalue weighted by Gasteiger charge is -2.26. The highest BCUT2D eigenvalue weighted by Crippen LogP contribution is 2.33. The van der Waals surface area contributed by atoms with Gasteiger partial charge in [-0.25, -0.2) is 0 Å². The van der Waals surface area contributed by atoms with Crippen LogP contribution >= 0.6 is 27.5 Å². The average molecular weight is 363 g/mol. The van der Waals surface area contributed by atoms with Gasteiger partial charge in [0.1, 0.15) is 0 Å². The van der Waals surface area contributed by atoms with Gasteiger partial charge in [-0.15, -0.1) is 0 Å². The van der Waals surface area contributed by atoms with E-state index in [0.29, 0.717) is 0 Å². The van der Waals surface area contributed by atoms with Crippen LogP contribution in [0.15, 0.2) is 54.6 Å². The number of hydrogen-bond acceptors (Lipinski definition) is 1. The summed E-state index contributed by atoms with van der Waals surface area (Å²) in [6.45, 7) is 0. The van der Waals surface area contributed by atoms with Crippen molar-refractivity contribution in [2.45, 2.75) is 24.7 Å².